The van der Waals surface area contributed by atoms with Gasteiger partial charge in [-0.3, -0.25) is 0 Å². The van der Waals surface area contributed by atoms with Crippen molar-refractivity contribution in [1.82, 2.24) is 5.32 Å². The molecule has 1 aromatic carbocycles. The summed E-state index contributed by atoms with van der Waals surface area (Å²) in [5.41, 5.74) is 2.94. The van der Waals surface area contributed by atoms with Gasteiger partial charge >= 0.3 is 0 Å². The van der Waals surface area contributed by atoms with Crippen LogP contribution in [0.25, 0.3) is 0 Å². The van der Waals surface area contributed by atoms with Crippen molar-refractivity contribution in [3.8, 4) is 0 Å². The van der Waals surface area contributed by atoms with Gasteiger partial charge in [-0.05, 0) is 49.3 Å². The van der Waals surface area contributed by atoms with Crippen LogP contribution in [0.1, 0.15) is 56.6 Å². The van der Waals surface area contributed by atoms with Crippen molar-refractivity contribution in [1.29, 1.82) is 0 Å². The van der Waals surface area contributed by atoms with Gasteiger partial charge in [0.2, 0.25) is 0 Å². The van der Waals surface area contributed by atoms with E-state index in [1.54, 1.807) is 0 Å². The van der Waals surface area contributed by atoms with E-state index in [-0.39, 0.29) is 0 Å². The van der Waals surface area contributed by atoms with Crippen LogP contribution in [-0.4, -0.2) is 12.6 Å². The normalized spacial score (nSPS) is 20.8. The molecular weight excluding hydrogens is 206 g/mol. The van der Waals surface area contributed by atoms with Crippen molar-refractivity contribution in [2.45, 2.75) is 57.9 Å². The first-order chi connectivity index (χ1) is 8.25. The number of rotatable bonds is 4. The van der Waals surface area contributed by atoms with Crippen molar-refractivity contribution in [2.24, 2.45) is 0 Å². The van der Waals surface area contributed by atoms with Gasteiger partial charge in [-0.2, -0.15) is 0 Å². The lowest BCUT2D eigenvalue weighted by Crippen LogP contribution is -2.34. The lowest BCUT2D eigenvalue weighted by Gasteiger charge is -2.23. The summed E-state index contributed by atoms with van der Waals surface area (Å²) in [5.74, 6) is 0.643. The van der Waals surface area contributed by atoms with Gasteiger partial charge in [0.25, 0.3) is 0 Å². The Morgan fingerprint density at radius 1 is 1.18 bits per heavy atom. The van der Waals surface area contributed by atoms with Crippen LogP contribution in [0.4, 0.5) is 0 Å². The summed E-state index contributed by atoms with van der Waals surface area (Å²) in [6.07, 6.45) is 6.64. The van der Waals surface area contributed by atoms with Crippen LogP contribution in [0.2, 0.25) is 0 Å². The Kier molecular flexibility index (Phi) is 4.61. The highest BCUT2D eigenvalue weighted by atomic mass is 14.9. The average Bonchev–Trinajstić information content (AvgIpc) is 2.38. The minimum Gasteiger partial charge on any atom is -0.314 e. The van der Waals surface area contributed by atoms with Gasteiger partial charge in [-0.1, -0.05) is 44.5 Å². The molecular formula is C16H25N. The lowest BCUT2D eigenvalue weighted by atomic mass is 9.96. The van der Waals surface area contributed by atoms with Gasteiger partial charge in [0.05, 0.1) is 0 Å². The van der Waals surface area contributed by atoms with Crippen molar-refractivity contribution in [3.63, 3.8) is 0 Å². The largest absolute Gasteiger partial charge is 0.314 e. The third kappa shape index (κ3) is 3.85. The molecule has 1 heterocycles. The topological polar surface area (TPSA) is 12.0 Å². The second-order valence-electron chi connectivity index (χ2n) is 5.58. The predicted molar refractivity (Wildman–Crippen MR) is 74.5 cm³/mol. The molecule has 0 aromatic heterocycles. The van der Waals surface area contributed by atoms with Crippen molar-refractivity contribution >= 4 is 0 Å². The molecule has 1 aromatic rings. The third-order valence-electron chi connectivity index (χ3n) is 3.84. The summed E-state index contributed by atoms with van der Waals surface area (Å²) < 4.78 is 0. The molecule has 0 bridgehead atoms. The molecule has 1 heteroatoms. The molecule has 1 aliphatic heterocycles. The molecule has 0 amide bonds. The van der Waals surface area contributed by atoms with E-state index in [4.69, 9.17) is 0 Å². The zero-order valence-corrected chi connectivity index (χ0v) is 11.2. The van der Waals surface area contributed by atoms with Crippen LogP contribution < -0.4 is 5.32 Å². The minimum atomic E-state index is 0.643. The molecule has 0 spiro atoms. The minimum absolute atomic E-state index is 0.643. The Balaban J connectivity index is 1.82. The highest BCUT2D eigenvalue weighted by Gasteiger charge is 2.11. The maximum absolute atomic E-state index is 3.62. The molecule has 17 heavy (non-hydrogen) atoms. The molecule has 2 rings (SSSR count). The zero-order chi connectivity index (χ0) is 12.1. The van der Waals surface area contributed by atoms with E-state index in [0.29, 0.717) is 5.92 Å². The number of hydrogen-bond donors (Lipinski definition) is 1. The molecule has 0 saturated carbocycles. The highest BCUT2D eigenvalue weighted by Crippen LogP contribution is 2.17. The molecule has 0 radical (unpaired) electrons. The Labute approximate surface area is 106 Å². The SMILES string of the molecule is CC(C)c1ccc(CCC2CCCCN2)cc1. The molecule has 1 unspecified atom stereocenters. The first kappa shape index (κ1) is 12.6. The standard InChI is InChI=1S/C16H25N/c1-13(2)15-9-6-14(7-10-15)8-11-16-5-3-4-12-17-16/h6-7,9-10,13,16-17H,3-5,8,11-12H2,1-2H3. The highest BCUT2D eigenvalue weighted by molar-refractivity contribution is 5.24. The van der Waals surface area contributed by atoms with Crippen LogP contribution in [0.15, 0.2) is 24.3 Å². The number of aryl methyl sites for hydroxylation is 1. The van der Waals surface area contributed by atoms with Gasteiger partial charge < -0.3 is 5.32 Å². The molecule has 1 aliphatic rings. The first-order valence-corrected chi connectivity index (χ1v) is 7.08. The summed E-state index contributed by atoms with van der Waals surface area (Å²) in [5, 5.41) is 3.62. The fourth-order valence-electron chi connectivity index (χ4n) is 2.58. The van der Waals surface area contributed by atoms with Gasteiger partial charge in [-0.15, -0.1) is 0 Å². The molecule has 0 aliphatic carbocycles. The fourth-order valence-corrected chi connectivity index (χ4v) is 2.58. The monoisotopic (exact) mass is 231 g/mol. The molecule has 1 nitrogen and oxygen atoms in total. The zero-order valence-electron chi connectivity index (χ0n) is 11.2. The lowest BCUT2D eigenvalue weighted by molar-refractivity contribution is 0.383. The predicted octanol–water partition coefficient (Wildman–Crippen LogP) is 3.88. The smallest absolute Gasteiger partial charge is 0.00702 e. The van der Waals surface area contributed by atoms with Gasteiger partial charge in [0, 0.05) is 6.04 Å². The quantitative estimate of drug-likeness (QED) is 0.829. The van der Waals surface area contributed by atoms with Crippen LogP contribution in [-0.2, 0) is 6.42 Å². The number of piperidine rings is 1. The van der Waals surface area contributed by atoms with E-state index >= 15 is 0 Å². The first-order valence-electron chi connectivity index (χ1n) is 7.08. The number of hydrogen-bond acceptors (Lipinski definition) is 1. The van der Waals surface area contributed by atoms with Gasteiger partial charge in [0.15, 0.2) is 0 Å². The maximum Gasteiger partial charge on any atom is 0.00702 e. The molecule has 1 fully saturated rings. The summed E-state index contributed by atoms with van der Waals surface area (Å²) in [4.78, 5) is 0. The Morgan fingerprint density at radius 3 is 2.53 bits per heavy atom. The number of nitrogens with one attached hydrogen (secondary N) is 1. The summed E-state index contributed by atoms with van der Waals surface area (Å²) in [6.45, 7) is 5.72. The van der Waals surface area contributed by atoms with Gasteiger partial charge in [0.1, 0.15) is 0 Å². The average molecular weight is 231 g/mol. The summed E-state index contributed by atoms with van der Waals surface area (Å²) in [6, 6.07) is 9.94. The molecule has 1 saturated heterocycles. The summed E-state index contributed by atoms with van der Waals surface area (Å²) in [7, 11) is 0. The molecule has 1 N–H and O–H groups in total. The fraction of sp³-hybridized carbons (Fsp3) is 0.625. The van der Waals surface area contributed by atoms with E-state index in [2.05, 4.69) is 43.4 Å². The Hall–Kier alpha value is -0.820. The van der Waals surface area contributed by atoms with E-state index in [1.165, 1.54) is 49.8 Å². The summed E-state index contributed by atoms with van der Waals surface area (Å²) >= 11 is 0. The second-order valence-corrected chi connectivity index (χ2v) is 5.58. The van der Waals surface area contributed by atoms with Crippen molar-refractivity contribution in [2.75, 3.05) is 6.54 Å². The maximum atomic E-state index is 3.62. The second kappa shape index (κ2) is 6.20. The number of benzene rings is 1. The Morgan fingerprint density at radius 2 is 1.94 bits per heavy atom. The third-order valence-corrected chi connectivity index (χ3v) is 3.84. The van der Waals surface area contributed by atoms with Crippen LogP contribution in [0.5, 0.6) is 0 Å². The van der Waals surface area contributed by atoms with E-state index < -0.39 is 0 Å². The van der Waals surface area contributed by atoms with E-state index in [9.17, 15) is 0 Å². The van der Waals surface area contributed by atoms with E-state index in [0.717, 1.165) is 6.04 Å². The van der Waals surface area contributed by atoms with Crippen molar-refractivity contribution in [3.05, 3.63) is 35.4 Å². The van der Waals surface area contributed by atoms with E-state index in [1.807, 2.05) is 0 Å². The molecule has 94 valence electrons. The van der Waals surface area contributed by atoms with Gasteiger partial charge in [-0.25, -0.2) is 0 Å². The van der Waals surface area contributed by atoms with Crippen molar-refractivity contribution < 1.29 is 0 Å². The van der Waals surface area contributed by atoms with Crippen LogP contribution in [0, 0.1) is 0 Å². The molecule has 1 atom stereocenters. The van der Waals surface area contributed by atoms with Crippen LogP contribution >= 0.6 is 0 Å². The Bertz CT molecular complexity index is 320. The van der Waals surface area contributed by atoms with Crippen LogP contribution in [0.3, 0.4) is 0 Å².